The lowest BCUT2D eigenvalue weighted by atomic mass is 10.1. The topological polar surface area (TPSA) is 89.1 Å². The molecule has 0 saturated heterocycles. The molecule has 0 radical (unpaired) electrons. The van der Waals surface area contributed by atoms with Crippen molar-refractivity contribution in [1.29, 1.82) is 0 Å². The Kier molecular flexibility index (Phi) is 6.05. The van der Waals surface area contributed by atoms with E-state index in [-0.39, 0.29) is 24.8 Å². The highest BCUT2D eigenvalue weighted by Crippen LogP contribution is 2.34. The van der Waals surface area contributed by atoms with Crippen LogP contribution >= 0.6 is 0 Å². The van der Waals surface area contributed by atoms with Gasteiger partial charge in [0.25, 0.3) is 11.8 Å². The van der Waals surface area contributed by atoms with E-state index < -0.39 is 0 Å². The monoisotopic (exact) mass is 459 g/mol. The maximum absolute atomic E-state index is 12.9. The van der Waals surface area contributed by atoms with Gasteiger partial charge in [-0.05, 0) is 48.0 Å². The van der Waals surface area contributed by atoms with Crippen LogP contribution in [0.3, 0.4) is 0 Å². The first-order valence-electron chi connectivity index (χ1n) is 11.1. The molecule has 8 nitrogen and oxygen atoms in total. The fraction of sp³-hybridized carbons (Fsp3) is 0.231. The molecule has 2 N–H and O–H groups in total. The van der Waals surface area contributed by atoms with E-state index in [9.17, 15) is 9.59 Å². The zero-order valence-electron chi connectivity index (χ0n) is 18.7. The van der Waals surface area contributed by atoms with Gasteiger partial charge in [0.05, 0.1) is 6.61 Å². The van der Waals surface area contributed by atoms with Gasteiger partial charge in [0.15, 0.2) is 11.5 Å². The second-order valence-electron chi connectivity index (χ2n) is 8.07. The number of amides is 2. The lowest BCUT2D eigenvalue weighted by Gasteiger charge is -2.27. The minimum absolute atomic E-state index is 0.0235. The largest absolute Gasteiger partial charge is 0.454 e. The number of carbonyl (C=O) groups excluding carboxylic acids is 2. The second kappa shape index (κ2) is 9.44. The van der Waals surface area contributed by atoms with E-state index in [0.717, 1.165) is 16.8 Å². The van der Waals surface area contributed by atoms with Crippen LogP contribution < -0.4 is 20.1 Å². The number of methoxy groups -OCH3 is 1. The van der Waals surface area contributed by atoms with Crippen LogP contribution in [0.15, 0.2) is 66.7 Å². The Morgan fingerprint density at radius 2 is 1.85 bits per heavy atom. The van der Waals surface area contributed by atoms with Crippen molar-refractivity contribution in [2.75, 3.05) is 32.4 Å². The molecule has 1 unspecified atom stereocenters. The third-order valence-corrected chi connectivity index (χ3v) is 5.94. The standard InChI is InChI=1S/C26H25N3O5/c1-32-13-12-29-24(20-4-2-3-5-21(20)26(29)31)28-19-9-7-18(8-10-19)25(30)27-15-17-6-11-22-23(14-17)34-16-33-22/h2-11,14,24,28H,12-13,15-16H2,1H3,(H,27,30). The van der Waals surface area contributed by atoms with Crippen molar-refractivity contribution in [1.82, 2.24) is 10.2 Å². The Balaban J connectivity index is 1.24. The summed E-state index contributed by atoms with van der Waals surface area (Å²) in [5, 5.41) is 6.35. The third kappa shape index (κ3) is 4.27. The van der Waals surface area contributed by atoms with Gasteiger partial charge in [0.1, 0.15) is 6.17 Å². The lowest BCUT2D eigenvalue weighted by molar-refractivity contribution is 0.0674. The molecular weight excluding hydrogens is 434 g/mol. The zero-order valence-corrected chi connectivity index (χ0v) is 18.7. The highest BCUT2D eigenvalue weighted by atomic mass is 16.7. The Hall–Kier alpha value is -4.04. The summed E-state index contributed by atoms with van der Waals surface area (Å²) >= 11 is 0. The van der Waals surface area contributed by atoms with Crippen LogP contribution in [0.4, 0.5) is 5.69 Å². The van der Waals surface area contributed by atoms with Crippen molar-refractivity contribution < 1.29 is 23.8 Å². The van der Waals surface area contributed by atoms with Gasteiger partial charge in [-0.2, -0.15) is 0 Å². The predicted molar refractivity (Wildman–Crippen MR) is 126 cm³/mol. The van der Waals surface area contributed by atoms with E-state index in [4.69, 9.17) is 14.2 Å². The summed E-state index contributed by atoms with van der Waals surface area (Å²) in [7, 11) is 1.62. The van der Waals surface area contributed by atoms with Gasteiger partial charge in [0, 0.05) is 42.6 Å². The van der Waals surface area contributed by atoms with E-state index >= 15 is 0 Å². The quantitative estimate of drug-likeness (QED) is 0.536. The molecular formula is C26H25N3O5. The van der Waals surface area contributed by atoms with Crippen LogP contribution in [0.5, 0.6) is 11.5 Å². The molecule has 2 amide bonds. The summed E-state index contributed by atoms with van der Waals surface area (Å²) in [5.41, 5.74) is 3.90. The molecule has 2 heterocycles. The lowest BCUT2D eigenvalue weighted by Crippen LogP contribution is -2.35. The summed E-state index contributed by atoms with van der Waals surface area (Å²) in [5.74, 6) is 1.20. The number of fused-ring (bicyclic) bond motifs is 2. The first kappa shape index (κ1) is 21.8. The third-order valence-electron chi connectivity index (χ3n) is 5.94. The molecule has 0 spiro atoms. The molecule has 0 aliphatic carbocycles. The molecule has 0 bridgehead atoms. The number of nitrogens with zero attached hydrogens (tertiary/aromatic N) is 1. The molecule has 0 aromatic heterocycles. The van der Waals surface area contributed by atoms with Crippen molar-refractivity contribution in [2.45, 2.75) is 12.7 Å². The summed E-state index contributed by atoms with van der Waals surface area (Å²) in [6, 6.07) is 20.4. The Morgan fingerprint density at radius 3 is 2.68 bits per heavy atom. The zero-order chi connectivity index (χ0) is 23.5. The van der Waals surface area contributed by atoms with E-state index in [0.29, 0.717) is 42.3 Å². The Labute approximate surface area is 197 Å². The highest BCUT2D eigenvalue weighted by Gasteiger charge is 2.36. The van der Waals surface area contributed by atoms with Crippen molar-refractivity contribution >= 4 is 17.5 Å². The Bertz CT molecular complexity index is 1210. The summed E-state index contributed by atoms with van der Waals surface area (Å²) in [6.07, 6.45) is -0.301. The van der Waals surface area contributed by atoms with Gasteiger partial charge in [-0.15, -0.1) is 0 Å². The van der Waals surface area contributed by atoms with Crippen molar-refractivity contribution in [3.63, 3.8) is 0 Å². The van der Waals surface area contributed by atoms with Crippen LogP contribution in [-0.2, 0) is 11.3 Å². The van der Waals surface area contributed by atoms with Gasteiger partial charge in [-0.25, -0.2) is 0 Å². The molecule has 34 heavy (non-hydrogen) atoms. The maximum Gasteiger partial charge on any atom is 0.256 e. The molecule has 8 heteroatoms. The number of anilines is 1. The smallest absolute Gasteiger partial charge is 0.256 e. The fourth-order valence-electron chi connectivity index (χ4n) is 4.16. The number of hydrogen-bond donors (Lipinski definition) is 2. The van der Waals surface area contributed by atoms with Crippen molar-refractivity contribution in [2.24, 2.45) is 0 Å². The van der Waals surface area contributed by atoms with E-state index in [1.54, 1.807) is 24.1 Å². The van der Waals surface area contributed by atoms with E-state index in [1.165, 1.54) is 0 Å². The first-order chi connectivity index (χ1) is 16.6. The number of ether oxygens (including phenoxy) is 3. The van der Waals surface area contributed by atoms with Gasteiger partial charge < -0.3 is 29.7 Å². The summed E-state index contributed by atoms with van der Waals surface area (Å²) in [6.45, 7) is 1.52. The van der Waals surface area contributed by atoms with Crippen LogP contribution in [-0.4, -0.2) is 43.8 Å². The average Bonchev–Trinajstić information content (AvgIpc) is 3.44. The number of carbonyl (C=O) groups is 2. The maximum atomic E-state index is 12.9. The number of benzene rings is 3. The molecule has 5 rings (SSSR count). The molecule has 3 aromatic rings. The molecule has 2 aliphatic heterocycles. The van der Waals surface area contributed by atoms with Crippen LogP contribution in [0.1, 0.15) is 38.0 Å². The highest BCUT2D eigenvalue weighted by molar-refractivity contribution is 5.99. The van der Waals surface area contributed by atoms with Crippen molar-refractivity contribution in [3.8, 4) is 11.5 Å². The first-order valence-corrected chi connectivity index (χ1v) is 11.1. The van der Waals surface area contributed by atoms with Crippen molar-refractivity contribution in [3.05, 3.63) is 89.0 Å². The number of hydrogen-bond acceptors (Lipinski definition) is 6. The minimum atomic E-state index is -0.301. The normalized spacial score (nSPS) is 15.9. The average molecular weight is 460 g/mol. The minimum Gasteiger partial charge on any atom is -0.454 e. The molecule has 1 atom stereocenters. The molecule has 174 valence electrons. The number of rotatable bonds is 8. The van der Waals surface area contributed by atoms with E-state index in [1.807, 2.05) is 54.6 Å². The van der Waals surface area contributed by atoms with Crippen LogP contribution in [0.2, 0.25) is 0 Å². The SMILES string of the molecule is COCCN1C(=O)c2ccccc2C1Nc1ccc(C(=O)NCc2ccc3c(c2)OCO3)cc1. The van der Waals surface area contributed by atoms with Gasteiger partial charge in [-0.1, -0.05) is 24.3 Å². The van der Waals surface area contributed by atoms with Gasteiger partial charge in [0.2, 0.25) is 6.79 Å². The summed E-state index contributed by atoms with van der Waals surface area (Å²) in [4.78, 5) is 27.3. The predicted octanol–water partition coefficient (Wildman–Crippen LogP) is 3.56. The van der Waals surface area contributed by atoms with Gasteiger partial charge >= 0.3 is 0 Å². The second-order valence-corrected chi connectivity index (χ2v) is 8.07. The molecule has 2 aliphatic rings. The van der Waals surface area contributed by atoms with Crippen LogP contribution in [0.25, 0.3) is 0 Å². The number of nitrogens with one attached hydrogen (secondary N) is 2. The molecule has 0 saturated carbocycles. The summed E-state index contributed by atoms with van der Waals surface area (Å²) < 4.78 is 15.9. The van der Waals surface area contributed by atoms with Crippen LogP contribution in [0, 0.1) is 0 Å². The van der Waals surface area contributed by atoms with E-state index in [2.05, 4.69) is 10.6 Å². The Morgan fingerprint density at radius 1 is 1.06 bits per heavy atom. The molecule has 0 fully saturated rings. The van der Waals surface area contributed by atoms with Gasteiger partial charge in [-0.3, -0.25) is 9.59 Å². The molecule has 3 aromatic carbocycles. The fourth-order valence-corrected chi connectivity index (χ4v) is 4.16.